The summed E-state index contributed by atoms with van der Waals surface area (Å²) in [5, 5.41) is 3.99. The molecule has 0 saturated heterocycles. The van der Waals surface area contributed by atoms with Gasteiger partial charge in [0.25, 0.3) is 5.56 Å². The fourth-order valence-electron chi connectivity index (χ4n) is 1.86. The number of hydrogen-bond donors (Lipinski definition) is 1. The Balaban J connectivity index is 2.50. The molecular formula is C11H7F3N4O. The van der Waals surface area contributed by atoms with E-state index >= 15 is 0 Å². The summed E-state index contributed by atoms with van der Waals surface area (Å²) in [4.78, 5) is 17.9. The minimum atomic E-state index is -4.56. The fourth-order valence-corrected chi connectivity index (χ4v) is 1.86. The van der Waals surface area contributed by atoms with E-state index in [1.807, 2.05) is 0 Å². The van der Waals surface area contributed by atoms with Crippen molar-refractivity contribution in [1.29, 1.82) is 0 Å². The number of H-pyrrole nitrogens is 1. The summed E-state index contributed by atoms with van der Waals surface area (Å²) in [6, 6.07) is 1.88. The number of halogens is 3. The van der Waals surface area contributed by atoms with Gasteiger partial charge in [0.05, 0.1) is 11.6 Å². The highest BCUT2D eigenvalue weighted by molar-refractivity contribution is 5.77. The van der Waals surface area contributed by atoms with Crippen LogP contribution >= 0.6 is 0 Å². The van der Waals surface area contributed by atoms with Gasteiger partial charge < -0.3 is 4.98 Å². The third-order valence-corrected chi connectivity index (χ3v) is 2.79. The van der Waals surface area contributed by atoms with Gasteiger partial charge in [-0.05, 0) is 19.1 Å². The van der Waals surface area contributed by atoms with Crippen LogP contribution in [0.4, 0.5) is 13.2 Å². The molecular weight excluding hydrogens is 261 g/mol. The molecule has 1 N–H and O–H groups in total. The molecule has 3 heterocycles. The molecule has 98 valence electrons. The van der Waals surface area contributed by atoms with Crippen molar-refractivity contribution in [2.45, 2.75) is 13.1 Å². The monoisotopic (exact) mass is 268 g/mol. The molecule has 0 amide bonds. The molecule has 3 aromatic heterocycles. The van der Waals surface area contributed by atoms with Gasteiger partial charge in [-0.1, -0.05) is 0 Å². The molecule has 3 aromatic rings. The zero-order chi connectivity index (χ0) is 13.8. The van der Waals surface area contributed by atoms with Gasteiger partial charge in [0, 0.05) is 5.56 Å². The topological polar surface area (TPSA) is 63.1 Å². The number of nitrogens with one attached hydrogen (secondary N) is 1. The normalized spacial score (nSPS) is 12.4. The van der Waals surface area contributed by atoms with Gasteiger partial charge in [0.15, 0.2) is 5.65 Å². The van der Waals surface area contributed by atoms with Crippen LogP contribution in [0.15, 0.2) is 23.1 Å². The molecule has 0 radical (unpaired) electrons. The maximum absolute atomic E-state index is 12.6. The average Bonchev–Trinajstić information content (AvgIpc) is 2.70. The van der Waals surface area contributed by atoms with Crippen molar-refractivity contribution >= 4 is 16.7 Å². The Morgan fingerprint density at radius 3 is 2.74 bits per heavy atom. The molecule has 19 heavy (non-hydrogen) atoms. The van der Waals surface area contributed by atoms with E-state index in [-0.39, 0.29) is 11.0 Å². The van der Waals surface area contributed by atoms with E-state index in [0.717, 1.165) is 12.1 Å². The number of aryl methyl sites for hydroxylation is 1. The van der Waals surface area contributed by atoms with Crippen molar-refractivity contribution in [3.63, 3.8) is 0 Å². The smallest absolute Gasteiger partial charge is 0.306 e. The summed E-state index contributed by atoms with van der Waals surface area (Å²) in [5.41, 5.74) is -0.670. The van der Waals surface area contributed by atoms with Crippen LogP contribution in [-0.2, 0) is 6.18 Å². The first-order valence-corrected chi connectivity index (χ1v) is 5.32. The molecule has 0 unspecified atom stereocenters. The third-order valence-electron chi connectivity index (χ3n) is 2.79. The molecule has 0 fully saturated rings. The summed E-state index contributed by atoms with van der Waals surface area (Å²) in [7, 11) is 0. The van der Waals surface area contributed by atoms with Gasteiger partial charge in [0.1, 0.15) is 11.3 Å². The number of pyridine rings is 1. The lowest BCUT2D eigenvalue weighted by molar-refractivity contribution is -0.141. The van der Waals surface area contributed by atoms with E-state index in [2.05, 4.69) is 15.1 Å². The summed E-state index contributed by atoms with van der Waals surface area (Å²) >= 11 is 0. The maximum Gasteiger partial charge on any atom is 0.433 e. The van der Waals surface area contributed by atoms with Crippen LogP contribution in [0, 0.1) is 6.92 Å². The fraction of sp³-hybridized carbons (Fsp3) is 0.182. The number of hydrogen-bond acceptors (Lipinski definition) is 3. The first-order chi connectivity index (χ1) is 8.88. The Morgan fingerprint density at radius 2 is 2.05 bits per heavy atom. The van der Waals surface area contributed by atoms with Crippen molar-refractivity contribution in [3.8, 4) is 0 Å². The van der Waals surface area contributed by atoms with Gasteiger partial charge >= 0.3 is 6.18 Å². The lowest BCUT2D eigenvalue weighted by Crippen LogP contribution is -2.15. The highest BCUT2D eigenvalue weighted by atomic mass is 19.4. The van der Waals surface area contributed by atoms with E-state index in [9.17, 15) is 18.0 Å². The predicted molar refractivity (Wildman–Crippen MR) is 60.9 cm³/mol. The molecule has 0 aliphatic carbocycles. The minimum absolute atomic E-state index is 0.0589. The van der Waals surface area contributed by atoms with Crippen LogP contribution in [0.2, 0.25) is 0 Å². The molecule has 3 rings (SSSR count). The molecule has 0 aliphatic heterocycles. The van der Waals surface area contributed by atoms with Crippen LogP contribution in [-0.4, -0.2) is 19.6 Å². The van der Waals surface area contributed by atoms with Crippen LogP contribution in [0.5, 0.6) is 0 Å². The SMILES string of the molecule is Cc1cnn2c1[nH]c(=O)c1ccc(C(F)(F)F)nc12. The quantitative estimate of drug-likeness (QED) is 0.677. The highest BCUT2D eigenvalue weighted by Gasteiger charge is 2.33. The summed E-state index contributed by atoms with van der Waals surface area (Å²) in [6.45, 7) is 1.69. The number of nitrogens with zero attached hydrogens (tertiary/aromatic N) is 3. The Morgan fingerprint density at radius 1 is 1.32 bits per heavy atom. The van der Waals surface area contributed by atoms with E-state index in [1.165, 1.54) is 10.7 Å². The van der Waals surface area contributed by atoms with Gasteiger partial charge in [-0.15, -0.1) is 0 Å². The van der Waals surface area contributed by atoms with E-state index < -0.39 is 17.4 Å². The zero-order valence-electron chi connectivity index (χ0n) is 9.62. The highest BCUT2D eigenvalue weighted by Crippen LogP contribution is 2.28. The van der Waals surface area contributed by atoms with Crippen molar-refractivity contribution in [2.75, 3.05) is 0 Å². The van der Waals surface area contributed by atoms with E-state index in [4.69, 9.17) is 0 Å². The summed E-state index contributed by atoms with van der Waals surface area (Å²) < 4.78 is 39.1. The van der Waals surface area contributed by atoms with Crippen LogP contribution in [0.1, 0.15) is 11.3 Å². The van der Waals surface area contributed by atoms with Gasteiger partial charge in [-0.25, -0.2) is 4.98 Å². The molecule has 0 atom stereocenters. The lowest BCUT2D eigenvalue weighted by Gasteiger charge is -2.07. The second-order valence-electron chi connectivity index (χ2n) is 4.11. The summed E-state index contributed by atoms with van der Waals surface area (Å²) in [6.07, 6.45) is -3.11. The number of aromatic amines is 1. The van der Waals surface area contributed by atoms with Crippen LogP contribution in [0.25, 0.3) is 16.7 Å². The number of aromatic nitrogens is 4. The zero-order valence-corrected chi connectivity index (χ0v) is 9.62. The Kier molecular flexibility index (Phi) is 2.19. The summed E-state index contributed by atoms with van der Waals surface area (Å²) in [5.74, 6) is 0. The second-order valence-corrected chi connectivity index (χ2v) is 4.11. The number of alkyl halides is 3. The minimum Gasteiger partial charge on any atom is -0.306 e. The predicted octanol–water partition coefficient (Wildman–Crippen LogP) is 1.90. The maximum atomic E-state index is 12.6. The van der Waals surface area contributed by atoms with Crippen LogP contribution < -0.4 is 5.56 Å². The largest absolute Gasteiger partial charge is 0.433 e. The molecule has 0 bridgehead atoms. The van der Waals surface area contributed by atoms with Crippen LogP contribution in [0.3, 0.4) is 0 Å². The Bertz CT molecular complexity index is 847. The average molecular weight is 268 g/mol. The van der Waals surface area contributed by atoms with Gasteiger partial charge in [0.2, 0.25) is 0 Å². The van der Waals surface area contributed by atoms with Crippen molar-refractivity contribution in [2.24, 2.45) is 0 Å². The number of fused-ring (bicyclic) bond motifs is 3. The standard InChI is InChI=1S/C11H7F3N4O/c1-5-4-15-18-8(5)17-10(19)6-2-3-7(11(12,13)14)16-9(6)18/h2-4H,1H3,(H,17,19). The molecule has 8 heteroatoms. The van der Waals surface area contributed by atoms with E-state index in [1.54, 1.807) is 6.92 Å². The first-order valence-electron chi connectivity index (χ1n) is 5.32. The van der Waals surface area contributed by atoms with Gasteiger partial charge in [-0.3, -0.25) is 4.79 Å². The third kappa shape index (κ3) is 1.67. The van der Waals surface area contributed by atoms with Crippen molar-refractivity contribution in [1.82, 2.24) is 19.6 Å². The Hall–Kier alpha value is -2.38. The second kappa shape index (κ2) is 3.56. The van der Waals surface area contributed by atoms with Crippen molar-refractivity contribution in [3.05, 3.63) is 39.9 Å². The first kappa shape index (κ1) is 11.7. The lowest BCUT2D eigenvalue weighted by atomic mass is 10.2. The molecule has 0 aromatic carbocycles. The molecule has 0 saturated carbocycles. The number of rotatable bonds is 0. The molecule has 5 nitrogen and oxygen atoms in total. The van der Waals surface area contributed by atoms with E-state index in [0.29, 0.717) is 11.2 Å². The molecule has 0 spiro atoms. The van der Waals surface area contributed by atoms with Crippen molar-refractivity contribution < 1.29 is 13.2 Å². The Labute approximate surface area is 103 Å². The van der Waals surface area contributed by atoms with Gasteiger partial charge in [-0.2, -0.15) is 22.8 Å². The molecule has 0 aliphatic rings.